The molecule has 0 aliphatic heterocycles. The van der Waals surface area contributed by atoms with Crippen molar-refractivity contribution in [3.05, 3.63) is 46.2 Å². The molecule has 5 nitrogen and oxygen atoms in total. The van der Waals surface area contributed by atoms with E-state index in [1.165, 1.54) is 6.20 Å². The van der Waals surface area contributed by atoms with Gasteiger partial charge in [0.1, 0.15) is 11.9 Å². The quantitative estimate of drug-likeness (QED) is 0.861. The minimum atomic E-state index is -3.47. The number of halogens is 2. The minimum absolute atomic E-state index is 0.356. The van der Waals surface area contributed by atoms with E-state index in [-0.39, 0.29) is 0 Å². The zero-order valence-corrected chi connectivity index (χ0v) is 13.1. The summed E-state index contributed by atoms with van der Waals surface area (Å²) in [5.74, 6) is 0.421. The molecule has 0 radical (unpaired) electrons. The van der Waals surface area contributed by atoms with Crippen LogP contribution in [0.15, 0.2) is 30.5 Å². The van der Waals surface area contributed by atoms with Gasteiger partial charge in [0.2, 0.25) is 0 Å². The molecule has 8 heteroatoms. The van der Waals surface area contributed by atoms with Crippen molar-refractivity contribution in [2.45, 2.75) is 13.0 Å². The highest BCUT2D eigenvalue weighted by Crippen LogP contribution is 2.31. The average Bonchev–Trinajstić information content (AvgIpc) is 2.81. The van der Waals surface area contributed by atoms with Crippen molar-refractivity contribution >= 4 is 33.2 Å². The van der Waals surface area contributed by atoms with Gasteiger partial charge < -0.3 is 4.74 Å². The van der Waals surface area contributed by atoms with Crippen LogP contribution in [-0.2, 0) is 10.0 Å². The minimum Gasteiger partial charge on any atom is -0.483 e. The predicted octanol–water partition coefficient (Wildman–Crippen LogP) is 3.14. The molecule has 0 saturated carbocycles. The van der Waals surface area contributed by atoms with Crippen molar-refractivity contribution in [3.8, 4) is 5.75 Å². The highest BCUT2D eigenvalue weighted by atomic mass is 35.5. The molecule has 0 unspecified atom stereocenters. The Morgan fingerprint density at radius 3 is 2.60 bits per heavy atom. The highest BCUT2D eigenvalue weighted by Gasteiger charge is 2.19. The number of rotatable bonds is 4. The first-order valence-electron chi connectivity index (χ1n) is 5.65. The third-order valence-electron chi connectivity index (χ3n) is 2.57. The van der Waals surface area contributed by atoms with Gasteiger partial charge in [-0.15, -0.1) is 0 Å². The number of ether oxygens (including phenoxy) is 1. The second-order valence-electron chi connectivity index (χ2n) is 4.20. The Balaban J connectivity index is 2.29. The van der Waals surface area contributed by atoms with Crippen LogP contribution in [0.25, 0.3) is 0 Å². The van der Waals surface area contributed by atoms with Gasteiger partial charge in [0.25, 0.3) is 10.0 Å². The molecule has 0 N–H and O–H groups in total. The van der Waals surface area contributed by atoms with E-state index >= 15 is 0 Å². The summed E-state index contributed by atoms with van der Waals surface area (Å²) >= 11 is 11.8. The fraction of sp³-hybridized carbons (Fsp3) is 0.250. The first-order valence-corrected chi connectivity index (χ1v) is 8.25. The fourth-order valence-corrected chi connectivity index (χ4v) is 2.96. The molecule has 1 aromatic heterocycles. The van der Waals surface area contributed by atoms with Gasteiger partial charge in [-0.2, -0.15) is 9.19 Å². The zero-order valence-electron chi connectivity index (χ0n) is 10.7. The molecule has 108 valence electrons. The Morgan fingerprint density at radius 2 is 2.00 bits per heavy atom. The molecule has 0 spiro atoms. The maximum absolute atomic E-state index is 11.6. The number of benzene rings is 1. The van der Waals surface area contributed by atoms with E-state index in [1.54, 1.807) is 31.2 Å². The van der Waals surface area contributed by atoms with E-state index in [0.29, 0.717) is 21.5 Å². The fourth-order valence-electron chi connectivity index (χ4n) is 1.69. The molecule has 0 amide bonds. The Hall–Kier alpha value is -1.24. The average molecular weight is 335 g/mol. The standard InChI is InChI=1S/C12H12Cl2N2O3S/c1-8(11-5-6-15-16(11)20(2,17)18)19-12-4-3-9(13)7-10(12)14/h3-8H,1-2H3/t8-/m0/s1. The van der Waals surface area contributed by atoms with E-state index in [9.17, 15) is 8.42 Å². The van der Waals surface area contributed by atoms with Crippen LogP contribution < -0.4 is 4.74 Å². The van der Waals surface area contributed by atoms with Crippen LogP contribution in [0.4, 0.5) is 0 Å². The molecule has 0 saturated heterocycles. The van der Waals surface area contributed by atoms with Crippen molar-refractivity contribution in [2.24, 2.45) is 0 Å². The lowest BCUT2D eigenvalue weighted by Gasteiger charge is -2.16. The normalized spacial score (nSPS) is 13.2. The Morgan fingerprint density at radius 1 is 1.30 bits per heavy atom. The molecule has 2 aromatic rings. The molecular weight excluding hydrogens is 323 g/mol. The Labute approximate surface area is 127 Å². The van der Waals surface area contributed by atoms with Crippen LogP contribution in [-0.4, -0.2) is 23.9 Å². The summed E-state index contributed by atoms with van der Waals surface area (Å²) in [5.41, 5.74) is 0.415. The molecular formula is C12H12Cl2N2O3S. The summed E-state index contributed by atoms with van der Waals surface area (Å²) in [5, 5.41) is 4.63. The molecule has 0 fully saturated rings. The van der Waals surface area contributed by atoms with Crippen molar-refractivity contribution in [1.82, 2.24) is 9.19 Å². The van der Waals surface area contributed by atoms with E-state index in [1.807, 2.05) is 0 Å². The SMILES string of the molecule is C[C@H](Oc1ccc(Cl)cc1Cl)c1ccnn1S(C)(=O)=O. The van der Waals surface area contributed by atoms with Gasteiger partial charge in [-0.05, 0) is 31.2 Å². The molecule has 1 aromatic carbocycles. The summed E-state index contributed by atoms with van der Waals surface area (Å²) in [6.07, 6.45) is 1.94. The maximum atomic E-state index is 11.6. The van der Waals surface area contributed by atoms with Gasteiger partial charge in [-0.1, -0.05) is 23.2 Å². The van der Waals surface area contributed by atoms with Gasteiger partial charge >= 0.3 is 0 Å². The van der Waals surface area contributed by atoms with Gasteiger partial charge in [0.05, 0.1) is 23.2 Å². The van der Waals surface area contributed by atoms with Gasteiger partial charge in [0, 0.05) is 5.02 Å². The maximum Gasteiger partial charge on any atom is 0.251 e. The lowest BCUT2D eigenvalue weighted by atomic mass is 10.3. The summed E-state index contributed by atoms with van der Waals surface area (Å²) in [6, 6.07) is 6.40. The summed E-state index contributed by atoms with van der Waals surface area (Å²) in [7, 11) is -3.47. The van der Waals surface area contributed by atoms with Gasteiger partial charge in [-0.25, -0.2) is 8.42 Å². The summed E-state index contributed by atoms with van der Waals surface area (Å²) in [6.45, 7) is 1.71. The lowest BCUT2D eigenvalue weighted by Crippen LogP contribution is -2.18. The smallest absolute Gasteiger partial charge is 0.251 e. The zero-order chi connectivity index (χ0) is 14.9. The van der Waals surface area contributed by atoms with Crippen LogP contribution >= 0.6 is 23.2 Å². The molecule has 2 rings (SSSR count). The van der Waals surface area contributed by atoms with Gasteiger partial charge in [-0.3, -0.25) is 0 Å². The predicted molar refractivity (Wildman–Crippen MR) is 78.0 cm³/mol. The molecule has 1 heterocycles. The molecule has 0 aliphatic carbocycles. The number of aromatic nitrogens is 2. The first kappa shape index (κ1) is 15.2. The summed E-state index contributed by atoms with van der Waals surface area (Å²) < 4.78 is 29.8. The molecule has 0 bridgehead atoms. The van der Waals surface area contributed by atoms with E-state index in [0.717, 1.165) is 10.3 Å². The summed E-state index contributed by atoms with van der Waals surface area (Å²) in [4.78, 5) is 0. The monoisotopic (exact) mass is 334 g/mol. The lowest BCUT2D eigenvalue weighted by molar-refractivity contribution is 0.220. The van der Waals surface area contributed by atoms with Gasteiger partial charge in [0.15, 0.2) is 0 Å². The number of hydrogen-bond donors (Lipinski definition) is 0. The number of nitrogens with zero attached hydrogens (tertiary/aromatic N) is 2. The number of hydrogen-bond acceptors (Lipinski definition) is 4. The molecule has 1 atom stereocenters. The molecule has 20 heavy (non-hydrogen) atoms. The van der Waals surface area contributed by atoms with Crippen LogP contribution in [0, 0.1) is 0 Å². The van der Waals surface area contributed by atoms with Crippen LogP contribution in [0.5, 0.6) is 5.75 Å². The van der Waals surface area contributed by atoms with Crippen molar-refractivity contribution < 1.29 is 13.2 Å². The Kier molecular flexibility index (Phi) is 4.27. The van der Waals surface area contributed by atoms with Crippen molar-refractivity contribution in [3.63, 3.8) is 0 Å². The molecule has 0 aliphatic rings. The van der Waals surface area contributed by atoms with Crippen LogP contribution in [0.1, 0.15) is 18.7 Å². The van der Waals surface area contributed by atoms with Crippen molar-refractivity contribution in [2.75, 3.05) is 6.26 Å². The topological polar surface area (TPSA) is 61.2 Å². The highest BCUT2D eigenvalue weighted by molar-refractivity contribution is 7.89. The van der Waals surface area contributed by atoms with Crippen LogP contribution in [0.3, 0.4) is 0 Å². The van der Waals surface area contributed by atoms with Crippen LogP contribution in [0.2, 0.25) is 10.0 Å². The van der Waals surface area contributed by atoms with E-state index < -0.39 is 16.1 Å². The van der Waals surface area contributed by atoms with E-state index in [2.05, 4.69) is 5.10 Å². The third kappa shape index (κ3) is 3.26. The van der Waals surface area contributed by atoms with Crippen molar-refractivity contribution in [1.29, 1.82) is 0 Å². The second-order valence-corrected chi connectivity index (χ2v) is 6.85. The third-order valence-corrected chi connectivity index (χ3v) is 4.03. The second kappa shape index (κ2) is 5.63. The van der Waals surface area contributed by atoms with E-state index in [4.69, 9.17) is 27.9 Å². The first-order chi connectivity index (χ1) is 9.29. The largest absolute Gasteiger partial charge is 0.483 e. The Bertz CT molecular complexity index is 728.